The Morgan fingerprint density at radius 2 is 1.75 bits per heavy atom. The largest absolute Gasteiger partial charge is 0.507 e. The smallest absolute Gasteiger partial charge is 0.121 e. The number of rotatable bonds is 1. The molecule has 2 fully saturated rings. The fourth-order valence-electron chi connectivity index (χ4n) is 4.52. The molecule has 2 heteroatoms. The molecule has 1 aromatic carbocycles. The molecule has 0 aliphatic heterocycles. The molecule has 0 spiro atoms. The van der Waals surface area contributed by atoms with Crippen LogP contribution in [0.25, 0.3) is 0 Å². The second-order valence-corrected chi connectivity index (χ2v) is 7.27. The van der Waals surface area contributed by atoms with E-state index in [1.165, 1.54) is 18.4 Å². The Labute approximate surface area is 121 Å². The van der Waals surface area contributed by atoms with Gasteiger partial charge in [0, 0.05) is 0 Å². The van der Waals surface area contributed by atoms with Crippen molar-refractivity contribution in [3.8, 4) is 5.75 Å². The highest BCUT2D eigenvalue weighted by molar-refractivity contribution is 5.43. The van der Waals surface area contributed by atoms with E-state index in [9.17, 15) is 10.2 Å². The van der Waals surface area contributed by atoms with Gasteiger partial charge >= 0.3 is 0 Å². The van der Waals surface area contributed by atoms with E-state index in [0.29, 0.717) is 17.6 Å². The molecule has 2 saturated carbocycles. The van der Waals surface area contributed by atoms with Crippen LogP contribution in [0.3, 0.4) is 0 Å². The van der Waals surface area contributed by atoms with Crippen molar-refractivity contribution in [2.75, 3.05) is 0 Å². The van der Waals surface area contributed by atoms with Gasteiger partial charge in [-0.1, -0.05) is 19.1 Å². The van der Waals surface area contributed by atoms with Gasteiger partial charge in [0.2, 0.25) is 0 Å². The lowest BCUT2D eigenvalue weighted by atomic mass is 9.64. The summed E-state index contributed by atoms with van der Waals surface area (Å²) in [6.07, 6.45) is 5.52. The van der Waals surface area contributed by atoms with E-state index in [1.54, 1.807) is 0 Å². The van der Waals surface area contributed by atoms with Crippen molar-refractivity contribution in [3.05, 3.63) is 28.8 Å². The van der Waals surface area contributed by atoms with Gasteiger partial charge in [0.15, 0.2) is 0 Å². The van der Waals surface area contributed by atoms with Crippen molar-refractivity contribution in [2.45, 2.75) is 64.9 Å². The Morgan fingerprint density at radius 1 is 1.10 bits per heavy atom. The van der Waals surface area contributed by atoms with Crippen molar-refractivity contribution in [1.82, 2.24) is 0 Å². The maximum atomic E-state index is 10.2. The fraction of sp³-hybridized carbons (Fsp3) is 0.667. The molecule has 0 radical (unpaired) electrons. The Hall–Kier alpha value is -1.02. The second kappa shape index (κ2) is 4.77. The van der Waals surface area contributed by atoms with Crippen molar-refractivity contribution in [3.63, 3.8) is 0 Å². The molecule has 110 valence electrons. The van der Waals surface area contributed by atoms with E-state index in [2.05, 4.69) is 19.1 Å². The van der Waals surface area contributed by atoms with Gasteiger partial charge in [0.05, 0.1) is 6.10 Å². The third kappa shape index (κ3) is 2.05. The summed E-state index contributed by atoms with van der Waals surface area (Å²) >= 11 is 0. The molecule has 2 aliphatic carbocycles. The minimum Gasteiger partial charge on any atom is -0.507 e. The van der Waals surface area contributed by atoms with Gasteiger partial charge in [-0.05, 0) is 79.9 Å². The Kier molecular flexibility index (Phi) is 3.32. The number of aryl methyl sites for hydroxylation is 2. The van der Waals surface area contributed by atoms with E-state index in [1.807, 2.05) is 13.8 Å². The fourth-order valence-corrected chi connectivity index (χ4v) is 4.52. The van der Waals surface area contributed by atoms with Crippen molar-refractivity contribution in [1.29, 1.82) is 0 Å². The summed E-state index contributed by atoms with van der Waals surface area (Å²) in [5, 5.41) is 20.2. The van der Waals surface area contributed by atoms with Gasteiger partial charge in [-0.2, -0.15) is 0 Å². The zero-order valence-electron chi connectivity index (χ0n) is 12.8. The summed E-state index contributed by atoms with van der Waals surface area (Å²) in [5.41, 5.74) is 3.50. The van der Waals surface area contributed by atoms with Crippen LogP contribution >= 0.6 is 0 Å². The molecule has 2 N–H and O–H groups in total. The first-order chi connectivity index (χ1) is 9.41. The molecule has 20 heavy (non-hydrogen) atoms. The number of benzene rings is 1. The van der Waals surface area contributed by atoms with Crippen LogP contribution in [0.5, 0.6) is 5.75 Å². The first-order valence-corrected chi connectivity index (χ1v) is 7.90. The van der Waals surface area contributed by atoms with Gasteiger partial charge in [0.25, 0.3) is 0 Å². The van der Waals surface area contributed by atoms with Crippen molar-refractivity contribution < 1.29 is 10.2 Å². The predicted octanol–water partition coefficient (Wildman–Crippen LogP) is 4.05. The Bertz CT molecular complexity index is 499. The molecule has 2 nitrogen and oxygen atoms in total. The van der Waals surface area contributed by atoms with Crippen LogP contribution in [0.2, 0.25) is 0 Å². The van der Waals surface area contributed by atoms with E-state index in [-0.39, 0.29) is 11.5 Å². The highest BCUT2D eigenvalue weighted by atomic mass is 16.3. The molecule has 2 aliphatic rings. The molecule has 0 aromatic heterocycles. The van der Waals surface area contributed by atoms with E-state index >= 15 is 0 Å². The second-order valence-electron chi connectivity index (χ2n) is 7.27. The number of hydrogen-bond acceptors (Lipinski definition) is 2. The zero-order valence-corrected chi connectivity index (χ0v) is 12.8. The molecular weight excluding hydrogens is 248 g/mol. The van der Waals surface area contributed by atoms with Gasteiger partial charge in [-0.25, -0.2) is 0 Å². The first-order valence-electron chi connectivity index (χ1n) is 7.90. The van der Waals surface area contributed by atoms with Crippen molar-refractivity contribution in [2.24, 2.45) is 11.3 Å². The monoisotopic (exact) mass is 274 g/mol. The molecule has 0 saturated heterocycles. The maximum absolute atomic E-state index is 10.2. The number of aliphatic hydroxyl groups excluding tert-OH is 1. The summed E-state index contributed by atoms with van der Waals surface area (Å²) in [7, 11) is 0. The molecule has 0 bridgehead atoms. The SMILES string of the molecule is Cc1cc(C2CCC3(C)C(O)CCC3C2)cc(C)c1O. The van der Waals surface area contributed by atoms with E-state index in [4.69, 9.17) is 0 Å². The van der Waals surface area contributed by atoms with E-state index in [0.717, 1.165) is 30.4 Å². The Balaban J connectivity index is 1.84. The number of aliphatic hydroxyl groups is 1. The lowest BCUT2D eigenvalue weighted by molar-refractivity contribution is 0.00871. The average molecular weight is 274 g/mol. The van der Waals surface area contributed by atoms with Gasteiger partial charge in [-0.15, -0.1) is 0 Å². The van der Waals surface area contributed by atoms with Crippen LogP contribution in [0, 0.1) is 25.2 Å². The topological polar surface area (TPSA) is 40.5 Å². The molecule has 0 heterocycles. The minimum absolute atomic E-state index is 0.100. The van der Waals surface area contributed by atoms with E-state index < -0.39 is 0 Å². The lowest BCUT2D eigenvalue weighted by Gasteiger charge is -2.42. The number of hydrogen-bond donors (Lipinski definition) is 2. The number of aromatic hydroxyl groups is 1. The summed E-state index contributed by atoms with van der Waals surface area (Å²) < 4.78 is 0. The molecule has 3 rings (SSSR count). The normalized spacial score (nSPS) is 36.9. The summed E-state index contributed by atoms with van der Waals surface area (Å²) in [6, 6.07) is 4.31. The molecular formula is C18H26O2. The first kappa shape index (κ1) is 13.9. The molecule has 4 unspecified atom stereocenters. The highest BCUT2D eigenvalue weighted by Crippen LogP contribution is 2.55. The molecule has 4 atom stereocenters. The molecule has 1 aromatic rings. The standard InChI is InChI=1S/C18H26O2/c1-11-8-14(9-12(2)17(11)20)13-6-7-18(3)15(10-13)4-5-16(18)19/h8-9,13,15-16,19-20H,4-7,10H2,1-3H3. The average Bonchev–Trinajstić information content (AvgIpc) is 2.71. The van der Waals surface area contributed by atoms with Crippen LogP contribution in [-0.4, -0.2) is 16.3 Å². The van der Waals surface area contributed by atoms with Gasteiger partial charge in [-0.3, -0.25) is 0 Å². The third-order valence-corrected chi connectivity index (χ3v) is 6.07. The van der Waals surface area contributed by atoms with Crippen LogP contribution in [0.15, 0.2) is 12.1 Å². The Morgan fingerprint density at radius 3 is 2.40 bits per heavy atom. The van der Waals surface area contributed by atoms with Crippen LogP contribution in [0.1, 0.15) is 61.6 Å². The van der Waals surface area contributed by atoms with Gasteiger partial charge in [0.1, 0.15) is 5.75 Å². The van der Waals surface area contributed by atoms with Crippen LogP contribution in [-0.2, 0) is 0 Å². The summed E-state index contributed by atoms with van der Waals surface area (Å²) in [4.78, 5) is 0. The summed E-state index contributed by atoms with van der Waals surface area (Å²) in [6.45, 7) is 6.25. The van der Waals surface area contributed by atoms with Crippen molar-refractivity contribution >= 4 is 0 Å². The minimum atomic E-state index is -0.100. The van der Waals surface area contributed by atoms with Gasteiger partial charge < -0.3 is 10.2 Å². The predicted molar refractivity (Wildman–Crippen MR) is 81.0 cm³/mol. The zero-order chi connectivity index (χ0) is 14.5. The number of fused-ring (bicyclic) bond motifs is 1. The number of phenols is 1. The number of phenolic OH excluding ortho intramolecular Hbond substituents is 1. The summed E-state index contributed by atoms with van der Waals surface area (Å²) in [5.74, 6) is 1.69. The van der Waals surface area contributed by atoms with Crippen LogP contribution < -0.4 is 0 Å². The quantitative estimate of drug-likeness (QED) is 0.811. The maximum Gasteiger partial charge on any atom is 0.121 e. The highest BCUT2D eigenvalue weighted by Gasteiger charge is 2.48. The lowest BCUT2D eigenvalue weighted by Crippen LogP contribution is -2.37. The third-order valence-electron chi connectivity index (χ3n) is 6.07. The molecule has 0 amide bonds. The van der Waals surface area contributed by atoms with Crippen LogP contribution in [0.4, 0.5) is 0 Å².